The monoisotopic (exact) mass is 335 g/mol. The first-order chi connectivity index (χ1) is 9.65. The first kappa shape index (κ1) is 14.4. The number of phenolic OH excluding ortho intramolecular Hbond substituents is 1. The number of phenols is 1. The zero-order valence-electron chi connectivity index (χ0n) is 11.1. The van der Waals surface area contributed by atoms with Crippen molar-refractivity contribution in [3.05, 3.63) is 46.4 Å². The van der Waals surface area contributed by atoms with Gasteiger partial charge in [0, 0.05) is 16.3 Å². The Hall–Kier alpha value is -2.01. The third-order valence-corrected chi connectivity index (χ3v) is 3.23. The minimum Gasteiger partial charge on any atom is -0.504 e. The Morgan fingerprint density at radius 2 is 1.85 bits per heavy atom. The van der Waals surface area contributed by atoms with E-state index in [4.69, 9.17) is 9.47 Å². The molecule has 0 fully saturated rings. The Labute approximate surface area is 125 Å². The molecule has 20 heavy (non-hydrogen) atoms. The van der Waals surface area contributed by atoms with Crippen molar-refractivity contribution in [2.24, 2.45) is 4.99 Å². The molecule has 0 unspecified atom stereocenters. The molecule has 0 amide bonds. The predicted molar refractivity (Wildman–Crippen MR) is 82.6 cm³/mol. The molecule has 1 N–H and O–H groups in total. The van der Waals surface area contributed by atoms with E-state index in [1.165, 1.54) is 7.11 Å². The minimum absolute atomic E-state index is 0.0647. The van der Waals surface area contributed by atoms with Crippen LogP contribution in [0.1, 0.15) is 5.56 Å². The summed E-state index contributed by atoms with van der Waals surface area (Å²) in [7, 11) is 3.09. The molecule has 0 spiro atoms. The summed E-state index contributed by atoms with van der Waals surface area (Å²) in [5.74, 6) is 1.13. The number of benzene rings is 2. The van der Waals surface area contributed by atoms with Crippen molar-refractivity contribution in [1.82, 2.24) is 0 Å². The van der Waals surface area contributed by atoms with E-state index >= 15 is 0 Å². The van der Waals surface area contributed by atoms with Gasteiger partial charge in [-0.05, 0) is 30.3 Å². The second-order valence-corrected chi connectivity index (χ2v) is 4.89. The summed E-state index contributed by atoms with van der Waals surface area (Å²) in [6.07, 6.45) is 1.57. The molecule has 0 aliphatic rings. The number of rotatable bonds is 4. The standard InChI is InChI=1S/C15H14BrNO3/c1-19-13-5-3-4-10(15(13)18)9-17-12-7-6-11(16)8-14(12)20-2/h3-9,18H,1-2H3. The molecule has 0 radical (unpaired) electrons. The van der Waals surface area contributed by atoms with Crippen molar-refractivity contribution < 1.29 is 14.6 Å². The van der Waals surface area contributed by atoms with Crippen LogP contribution < -0.4 is 9.47 Å². The second kappa shape index (κ2) is 6.43. The second-order valence-electron chi connectivity index (χ2n) is 3.97. The van der Waals surface area contributed by atoms with E-state index in [-0.39, 0.29) is 5.75 Å². The highest BCUT2D eigenvalue weighted by Crippen LogP contribution is 2.32. The lowest BCUT2D eigenvalue weighted by molar-refractivity contribution is 0.373. The first-order valence-electron chi connectivity index (χ1n) is 5.89. The van der Waals surface area contributed by atoms with Gasteiger partial charge in [0.15, 0.2) is 11.5 Å². The van der Waals surface area contributed by atoms with Crippen LogP contribution in [0.5, 0.6) is 17.2 Å². The molecular formula is C15H14BrNO3. The van der Waals surface area contributed by atoms with Gasteiger partial charge in [0.25, 0.3) is 0 Å². The fourth-order valence-corrected chi connectivity index (χ4v) is 2.05. The van der Waals surface area contributed by atoms with Crippen molar-refractivity contribution in [1.29, 1.82) is 0 Å². The molecule has 2 aromatic rings. The lowest BCUT2D eigenvalue weighted by atomic mass is 10.2. The number of aliphatic imine (C=N–C) groups is 1. The molecule has 0 atom stereocenters. The van der Waals surface area contributed by atoms with E-state index in [2.05, 4.69) is 20.9 Å². The molecule has 5 heteroatoms. The largest absolute Gasteiger partial charge is 0.504 e. The Kier molecular flexibility index (Phi) is 4.63. The lowest BCUT2D eigenvalue weighted by Crippen LogP contribution is -1.88. The van der Waals surface area contributed by atoms with Gasteiger partial charge in [-0.1, -0.05) is 22.0 Å². The van der Waals surface area contributed by atoms with Crippen molar-refractivity contribution in [2.45, 2.75) is 0 Å². The number of hydrogen-bond donors (Lipinski definition) is 1. The zero-order valence-corrected chi connectivity index (χ0v) is 12.7. The third kappa shape index (κ3) is 3.11. The molecule has 104 valence electrons. The average Bonchev–Trinajstić information content (AvgIpc) is 2.47. The van der Waals surface area contributed by atoms with Crippen LogP contribution in [0, 0.1) is 0 Å². The van der Waals surface area contributed by atoms with Crippen LogP contribution in [0.3, 0.4) is 0 Å². The van der Waals surface area contributed by atoms with Crippen molar-refractivity contribution in [2.75, 3.05) is 14.2 Å². The lowest BCUT2D eigenvalue weighted by Gasteiger charge is -2.06. The summed E-state index contributed by atoms with van der Waals surface area (Å²) in [5, 5.41) is 9.98. The van der Waals surface area contributed by atoms with Gasteiger partial charge in [-0.15, -0.1) is 0 Å². The van der Waals surface area contributed by atoms with Gasteiger partial charge in [-0.2, -0.15) is 0 Å². The SMILES string of the molecule is COc1cc(Br)ccc1N=Cc1cccc(OC)c1O. The number of para-hydroxylation sites is 1. The molecule has 0 heterocycles. The zero-order chi connectivity index (χ0) is 14.5. The van der Waals surface area contributed by atoms with Crippen LogP contribution in [-0.4, -0.2) is 25.5 Å². The van der Waals surface area contributed by atoms with Crippen LogP contribution in [-0.2, 0) is 0 Å². The Morgan fingerprint density at radius 3 is 2.55 bits per heavy atom. The van der Waals surface area contributed by atoms with Gasteiger partial charge in [-0.3, -0.25) is 4.99 Å². The maximum absolute atomic E-state index is 9.98. The molecule has 2 aromatic carbocycles. The molecular weight excluding hydrogens is 322 g/mol. The van der Waals surface area contributed by atoms with Crippen LogP contribution in [0.15, 0.2) is 45.9 Å². The predicted octanol–water partition coefficient (Wildman–Crippen LogP) is 3.92. The molecule has 2 rings (SSSR count). The highest BCUT2D eigenvalue weighted by molar-refractivity contribution is 9.10. The van der Waals surface area contributed by atoms with Gasteiger partial charge in [0.1, 0.15) is 11.4 Å². The minimum atomic E-state index is 0.0647. The molecule has 4 nitrogen and oxygen atoms in total. The topological polar surface area (TPSA) is 51.0 Å². The van der Waals surface area contributed by atoms with Crippen LogP contribution in [0.25, 0.3) is 0 Å². The Bertz CT molecular complexity index is 641. The molecule has 0 aliphatic heterocycles. The summed E-state index contributed by atoms with van der Waals surface area (Å²) in [6, 6.07) is 10.8. The molecule has 0 aliphatic carbocycles. The number of methoxy groups -OCH3 is 2. The number of halogens is 1. The fraction of sp³-hybridized carbons (Fsp3) is 0.133. The maximum Gasteiger partial charge on any atom is 0.166 e. The summed E-state index contributed by atoms with van der Waals surface area (Å²) >= 11 is 3.38. The molecule has 0 saturated heterocycles. The average molecular weight is 336 g/mol. The summed E-state index contributed by atoms with van der Waals surface area (Å²) < 4.78 is 11.2. The van der Waals surface area contributed by atoms with Gasteiger partial charge in [0.05, 0.1) is 14.2 Å². The summed E-state index contributed by atoms with van der Waals surface area (Å²) in [5.41, 5.74) is 1.26. The van der Waals surface area contributed by atoms with Crippen molar-refractivity contribution in [3.63, 3.8) is 0 Å². The quantitative estimate of drug-likeness (QED) is 0.861. The number of aromatic hydroxyl groups is 1. The number of nitrogens with zero attached hydrogens (tertiary/aromatic N) is 1. The smallest absolute Gasteiger partial charge is 0.166 e. The van der Waals surface area contributed by atoms with Gasteiger partial charge in [0.2, 0.25) is 0 Å². The van der Waals surface area contributed by atoms with E-state index in [1.54, 1.807) is 31.5 Å². The maximum atomic E-state index is 9.98. The van der Waals surface area contributed by atoms with E-state index in [9.17, 15) is 5.11 Å². The van der Waals surface area contributed by atoms with Gasteiger partial charge in [-0.25, -0.2) is 0 Å². The van der Waals surface area contributed by atoms with E-state index in [0.717, 1.165) is 4.47 Å². The number of hydrogen-bond acceptors (Lipinski definition) is 4. The summed E-state index contributed by atoms with van der Waals surface area (Å²) in [4.78, 5) is 4.34. The normalized spacial score (nSPS) is 10.8. The van der Waals surface area contributed by atoms with E-state index in [0.29, 0.717) is 22.7 Å². The van der Waals surface area contributed by atoms with Crippen LogP contribution in [0.2, 0.25) is 0 Å². The number of ether oxygens (including phenoxy) is 2. The molecule has 0 aromatic heterocycles. The van der Waals surface area contributed by atoms with E-state index < -0.39 is 0 Å². The summed E-state index contributed by atoms with van der Waals surface area (Å²) in [6.45, 7) is 0. The van der Waals surface area contributed by atoms with Crippen molar-refractivity contribution in [3.8, 4) is 17.2 Å². The van der Waals surface area contributed by atoms with Crippen molar-refractivity contribution >= 4 is 27.8 Å². The van der Waals surface area contributed by atoms with Crippen LogP contribution >= 0.6 is 15.9 Å². The highest BCUT2D eigenvalue weighted by atomic mass is 79.9. The molecule has 0 saturated carbocycles. The van der Waals surface area contributed by atoms with Crippen LogP contribution in [0.4, 0.5) is 5.69 Å². The highest BCUT2D eigenvalue weighted by Gasteiger charge is 2.06. The van der Waals surface area contributed by atoms with Gasteiger partial charge < -0.3 is 14.6 Å². The first-order valence-corrected chi connectivity index (χ1v) is 6.68. The Morgan fingerprint density at radius 1 is 1.10 bits per heavy atom. The fourth-order valence-electron chi connectivity index (χ4n) is 1.71. The van der Waals surface area contributed by atoms with E-state index in [1.807, 2.05) is 18.2 Å². The molecule has 0 bridgehead atoms. The third-order valence-electron chi connectivity index (χ3n) is 2.73. The van der Waals surface area contributed by atoms with Gasteiger partial charge >= 0.3 is 0 Å². The Balaban J connectivity index is 2.34.